The molecule has 0 bridgehead atoms. The highest BCUT2D eigenvalue weighted by atomic mass is 16.4. The van der Waals surface area contributed by atoms with Crippen molar-refractivity contribution in [2.24, 2.45) is 22.9 Å². The molecule has 0 aliphatic heterocycles. The summed E-state index contributed by atoms with van der Waals surface area (Å²) < 4.78 is 0. The van der Waals surface area contributed by atoms with Crippen LogP contribution in [0.2, 0.25) is 0 Å². The number of para-hydroxylation sites is 1. The van der Waals surface area contributed by atoms with Crippen molar-refractivity contribution in [3.8, 4) is 0 Å². The van der Waals surface area contributed by atoms with E-state index in [0.717, 1.165) is 31.4 Å². The zero-order valence-corrected chi connectivity index (χ0v) is 15.4. The number of aliphatic carboxylic acids is 1. The van der Waals surface area contributed by atoms with Crippen molar-refractivity contribution in [3.63, 3.8) is 0 Å². The van der Waals surface area contributed by atoms with Crippen LogP contribution in [0.15, 0.2) is 47.1 Å². The summed E-state index contributed by atoms with van der Waals surface area (Å²) in [5, 5.41) is 15.6. The van der Waals surface area contributed by atoms with Gasteiger partial charge in [-0.25, -0.2) is 10.2 Å². The number of carbonyl (C=O) groups excluding carboxylic acids is 1. The van der Waals surface area contributed by atoms with Crippen LogP contribution in [0, 0.1) is 17.8 Å². The molecule has 2 amide bonds. The number of nitrogens with zero attached hydrogens (tertiary/aromatic N) is 1. The molecular formula is C21H27N3O3. The molecule has 0 aromatic heterocycles. The Morgan fingerprint density at radius 3 is 2.78 bits per heavy atom. The molecule has 0 radical (unpaired) electrons. The Hall–Kier alpha value is -2.63. The summed E-state index contributed by atoms with van der Waals surface area (Å²) in [4.78, 5) is 22.5. The van der Waals surface area contributed by atoms with E-state index < -0.39 is 5.97 Å². The molecule has 0 unspecified atom stereocenters. The molecule has 1 aromatic rings. The molecule has 27 heavy (non-hydrogen) atoms. The van der Waals surface area contributed by atoms with Crippen LogP contribution < -0.4 is 10.7 Å². The summed E-state index contributed by atoms with van der Waals surface area (Å²) in [5.41, 5.74) is 4.75. The molecule has 2 fully saturated rings. The highest BCUT2D eigenvalue weighted by molar-refractivity contribution is 5.89. The summed E-state index contributed by atoms with van der Waals surface area (Å²) in [6.07, 6.45) is 10.4. The number of carboxylic acids is 1. The molecule has 0 saturated heterocycles. The molecule has 0 spiro atoms. The van der Waals surface area contributed by atoms with Gasteiger partial charge < -0.3 is 10.4 Å². The lowest BCUT2D eigenvalue weighted by atomic mass is 9.93. The first-order valence-electron chi connectivity index (χ1n) is 9.66. The number of benzene rings is 1. The maximum absolute atomic E-state index is 11.9. The van der Waals surface area contributed by atoms with Gasteiger partial charge in [0.2, 0.25) is 0 Å². The predicted molar refractivity (Wildman–Crippen MR) is 106 cm³/mol. The van der Waals surface area contributed by atoms with Crippen molar-refractivity contribution in [1.82, 2.24) is 5.43 Å². The van der Waals surface area contributed by atoms with Crippen LogP contribution in [-0.4, -0.2) is 23.3 Å². The monoisotopic (exact) mass is 369 g/mol. The maximum Gasteiger partial charge on any atom is 0.339 e. The number of hydrogen-bond acceptors (Lipinski definition) is 3. The van der Waals surface area contributed by atoms with Crippen molar-refractivity contribution in [2.45, 2.75) is 44.9 Å². The Balaban J connectivity index is 1.43. The molecule has 1 aromatic carbocycles. The second-order valence-electron chi connectivity index (χ2n) is 7.43. The predicted octanol–water partition coefficient (Wildman–Crippen LogP) is 4.41. The summed E-state index contributed by atoms with van der Waals surface area (Å²) in [5.74, 6) is 0.970. The number of anilines is 1. The van der Waals surface area contributed by atoms with E-state index in [1.54, 1.807) is 0 Å². The van der Waals surface area contributed by atoms with E-state index in [1.807, 2.05) is 36.5 Å². The Morgan fingerprint density at radius 1 is 1.19 bits per heavy atom. The van der Waals surface area contributed by atoms with Crippen LogP contribution in [0.1, 0.15) is 44.9 Å². The van der Waals surface area contributed by atoms with Crippen LogP contribution in [0.5, 0.6) is 0 Å². The lowest BCUT2D eigenvalue weighted by Gasteiger charge is -2.13. The van der Waals surface area contributed by atoms with Gasteiger partial charge in [-0.2, -0.15) is 5.10 Å². The third-order valence-corrected chi connectivity index (χ3v) is 5.54. The smallest absolute Gasteiger partial charge is 0.339 e. The number of hydrazone groups is 1. The zero-order chi connectivity index (χ0) is 19.1. The minimum Gasteiger partial charge on any atom is -0.481 e. The number of urea groups is 1. The van der Waals surface area contributed by atoms with E-state index >= 15 is 0 Å². The average molecular weight is 369 g/mol. The van der Waals surface area contributed by atoms with Crippen LogP contribution in [0.25, 0.3) is 0 Å². The van der Waals surface area contributed by atoms with Gasteiger partial charge in [0.05, 0.1) is 0 Å². The van der Waals surface area contributed by atoms with Gasteiger partial charge in [-0.05, 0) is 68.4 Å². The number of rotatable bonds is 7. The molecule has 2 aliphatic carbocycles. The molecule has 3 atom stereocenters. The van der Waals surface area contributed by atoms with Gasteiger partial charge in [0.25, 0.3) is 0 Å². The zero-order valence-electron chi connectivity index (χ0n) is 15.4. The number of carbonyl (C=O) groups is 2. The number of nitrogens with one attached hydrogen (secondary N) is 2. The first-order valence-corrected chi connectivity index (χ1v) is 9.66. The number of allylic oxidation sites excluding steroid dienone is 2. The van der Waals surface area contributed by atoms with Gasteiger partial charge >= 0.3 is 12.0 Å². The normalized spacial score (nSPS) is 25.6. The molecule has 0 heterocycles. The quantitative estimate of drug-likeness (QED) is 0.288. The Labute approximate surface area is 159 Å². The number of unbranched alkanes of at least 4 members (excludes halogenated alkanes) is 1. The van der Waals surface area contributed by atoms with Gasteiger partial charge in [0, 0.05) is 18.3 Å². The van der Waals surface area contributed by atoms with E-state index in [-0.39, 0.29) is 12.5 Å². The topological polar surface area (TPSA) is 90.8 Å². The van der Waals surface area contributed by atoms with Crippen LogP contribution in [-0.2, 0) is 4.79 Å². The first kappa shape index (κ1) is 19.1. The average Bonchev–Trinajstić information content (AvgIpc) is 3.21. The van der Waals surface area contributed by atoms with E-state index in [2.05, 4.69) is 21.9 Å². The fourth-order valence-corrected chi connectivity index (χ4v) is 4.26. The highest BCUT2D eigenvalue weighted by Crippen LogP contribution is 2.49. The lowest BCUT2D eigenvalue weighted by Crippen LogP contribution is -2.25. The number of fused-ring (bicyclic) bond motifs is 1. The molecule has 144 valence electrons. The van der Waals surface area contributed by atoms with Crippen LogP contribution >= 0.6 is 0 Å². The third kappa shape index (κ3) is 5.67. The summed E-state index contributed by atoms with van der Waals surface area (Å²) in [6.45, 7) is 0. The van der Waals surface area contributed by atoms with Gasteiger partial charge in [-0.3, -0.25) is 4.79 Å². The van der Waals surface area contributed by atoms with Gasteiger partial charge in [-0.1, -0.05) is 29.8 Å². The standard InChI is InChI=1S/C21H27N3O3/c25-20(26)9-5-4-6-15-12-16-10-11-17(19(16)13-15)14-22-24-21(27)23-18-7-2-1-3-8-18/h1-3,6-8,14,16-17,19H,4-5,9-13H2,(H,25,26)(H2,23,24,27)/b15-6-,22-14+/t16-,17-,19+/m1/s1. The minimum atomic E-state index is -0.725. The number of hydrogen-bond donors (Lipinski definition) is 3. The van der Waals surface area contributed by atoms with E-state index in [0.29, 0.717) is 24.2 Å². The Morgan fingerprint density at radius 2 is 2.00 bits per heavy atom. The van der Waals surface area contributed by atoms with E-state index in [1.165, 1.54) is 12.0 Å². The van der Waals surface area contributed by atoms with Gasteiger partial charge in [0.1, 0.15) is 0 Å². The van der Waals surface area contributed by atoms with Crippen molar-refractivity contribution >= 4 is 23.9 Å². The van der Waals surface area contributed by atoms with Crippen molar-refractivity contribution < 1.29 is 14.7 Å². The molecule has 6 nitrogen and oxygen atoms in total. The molecular weight excluding hydrogens is 342 g/mol. The first-order chi connectivity index (χ1) is 13.1. The van der Waals surface area contributed by atoms with Crippen molar-refractivity contribution in [1.29, 1.82) is 0 Å². The summed E-state index contributed by atoms with van der Waals surface area (Å²) in [7, 11) is 0. The van der Waals surface area contributed by atoms with Crippen molar-refractivity contribution in [3.05, 3.63) is 42.0 Å². The summed E-state index contributed by atoms with van der Waals surface area (Å²) >= 11 is 0. The van der Waals surface area contributed by atoms with Crippen LogP contribution in [0.3, 0.4) is 0 Å². The molecule has 2 saturated carbocycles. The fraction of sp³-hybridized carbons (Fsp3) is 0.476. The largest absolute Gasteiger partial charge is 0.481 e. The third-order valence-electron chi connectivity index (χ3n) is 5.54. The number of carboxylic acid groups (broad SMARTS) is 1. The number of amides is 2. The van der Waals surface area contributed by atoms with Gasteiger partial charge in [-0.15, -0.1) is 0 Å². The maximum atomic E-state index is 11.9. The molecule has 3 rings (SSSR count). The van der Waals surface area contributed by atoms with Gasteiger partial charge in [0.15, 0.2) is 0 Å². The molecule has 6 heteroatoms. The van der Waals surface area contributed by atoms with E-state index in [9.17, 15) is 9.59 Å². The second kappa shape index (κ2) is 9.35. The Bertz CT molecular complexity index is 715. The SMILES string of the molecule is O=C(O)CCC/C=C1/C[C@H]2CC[C@H](/C=N/NC(=O)Nc3ccccc3)[C@H]2C1. The summed E-state index contributed by atoms with van der Waals surface area (Å²) in [6, 6.07) is 8.95. The fourth-order valence-electron chi connectivity index (χ4n) is 4.26. The lowest BCUT2D eigenvalue weighted by molar-refractivity contribution is -0.137. The Kier molecular flexibility index (Phi) is 6.63. The highest BCUT2D eigenvalue weighted by Gasteiger charge is 2.40. The molecule has 3 N–H and O–H groups in total. The minimum absolute atomic E-state index is 0.239. The molecule has 2 aliphatic rings. The van der Waals surface area contributed by atoms with Crippen LogP contribution in [0.4, 0.5) is 10.5 Å². The van der Waals surface area contributed by atoms with Crippen molar-refractivity contribution in [2.75, 3.05) is 5.32 Å². The van der Waals surface area contributed by atoms with E-state index in [4.69, 9.17) is 5.11 Å². The second-order valence-corrected chi connectivity index (χ2v) is 7.43.